The highest BCUT2D eigenvalue weighted by Gasteiger charge is 2.16. The van der Waals surface area contributed by atoms with Gasteiger partial charge in [-0.15, -0.1) is 0 Å². The van der Waals surface area contributed by atoms with Gasteiger partial charge < -0.3 is 10.5 Å². The quantitative estimate of drug-likeness (QED) is 0.484. The van der Waals surface area contributed by atoms with E-state index in [1.165, 1.54) is 32.1 Å². The average Bonchev–Trinajstić information content (AvgIpc) is 2.49. The van der Waals surface area contributed by atoms with E-state index in [1.54, 1.807) is 0 Å². The molecule has 19 heavy (non-hydrogen) atoms. The molecule has 0 radical (unpaired) electrons. The van der Waals surface area contributed by atoms with E-state index in [4.69, 9.17) is 10.5 Å². The van der Waals surface area contributed by atoms with E-state index in [-0.39, 0.29) is 0 Å². The Morgan fingerprint density at radius 1 is 1.16 bits per heavy atom. The third-order valence-corrected chi connectivity index (χ3v) is 3.63. The van der Waals surface area contributed by atoms with Gasteiger partial charge in [-0.25, -0.2) is 0 Å². The van der Waals surface area contributed by atoms with Crippen molar-refractivity contribution in [2.75, 3.05) is 13.2 Å². The number of nitrogens with zero attached hydrogens (tertiary/aromatic N) is 1. The van der Waals surface area contributed by atoms with Crippen LogP contribution in [-0.2, 0) is 0 Å². The van der Waals surface area contributed by atoms with Gasteiger partial charge in [0.1, 0.15) is 5.75 Å². The molecule has 3 heteroatoms. The maximum atomic E-state index is 6.05. The molecule has 0 heterocycles. The normalized spacial score (nSPS) is 17.4. The summed E-state index contributed by atoms with van der Waals surface area (Å²) in [5.41, 5.74) is 6.05. The van der Waals surface area contributed by atoms with E-state index in [0.717, 1.165) is 24.6 Å². The number of aliphatic imine (C=N–C) groups is 1. The molecule has 1 aliphatic rings. The van der Waals surface area contributed by atoms with Gasteiger partial charge >= 0.3 is 0 Å². The third-order valence-electron chi connectivity index (χ3n) is 3.63. The van der Waals surface area contributed by atoms with Gasteiger partial charge in [-0.05, 0) is 25.0 Å². The summed E-state index contributed by atoms with van der Waals surface area (Å²) < 4.78 is 5.62. The second kappa shape index (κ2) is 7.82. The molecule has 2 N–H and O–H groups in total. The highest BCUT2D eigenvalue weighted by Crippen LogP contribution is 2.23. The molecular formula is C16H24N2O. The Balaban J connectivity index is 1.62. The largest absolute Gasteiger partial charge is 0.494 e. The zero-order valence-corrected chi connectivity index (χ0v) is 11.6. The molecule has 1 aliphatic carbocycles. The van der Waals surface area contributed by atoms with Gasteiger partial charge in [-0.1, -0.05) is 37.5 Å². The number of ether oxygens (including phenoxy) is 1. The van der Waals surface area contributed by atoms with Crippen LogP contribution in [0.2, 0.25) is 0 Å². The molecule has 1 fully saturated rings. The van der Waals surface area contributed by atoms with Gasteiger partial charge in [0.25, 0.3) is 0 Å². The zero-order chi connectivity index (χ0) is 13.3. The molecule has 0 bridgehead atoms. The zero-order valence-electron chi connectivity index (χ0n) is 11.6. The number of rotatable bonds is 6. The summed E-state index contributed by atoms with van der Waals surface area (Å²) in [5, 5.41) is 0. The Morgan fingerprint density at radius 2 is 1.89 bits per heavy atom. The molecule has 0 spiro atoms. The number of hydrogen-bond acceptors (Lipinski definition) is 2. The summed E-state index contributed by atoms with van der Waals surface area (Å²) in [5.74, 6) is 2.31. The Labute approximate surface area is 115 Å². The van der Waals surface area contributed by atoms with Crippen LogP contribution in [0.3, 0.4) is 0 Å². The number of para-hydroxylation sites is 1. The highest BCUT2D eigenvalue weighted by molar-refractivity contribution is 5.82. The molecule has 1 aromatic rings. The van der Waals surface area contributed by atoms with Crippen molar-refractivity contribution in [3.05, 3.63) is 30.3 Å². The minimum atomic E-state index is 0.531. The van der Waals surface area contributed by atoms with Crippen molar-refractivity contribution in [1.82, 2.24) is 0 Å². The van der Waals surface area contributed by atoms with Crippen LogP contribution in [0, 0.1) is 5.92 Å². The van der Waals surface area contributed by atoms with E-state index in [2.05, 4.69) is 4.99 Å². The fourth-order valence-corrected chi connectivity index (χ4v) is 2.51. The first kappa shape index (κ1) is 13.9. The van der Waals surface area contributed by atoms with E-state index in [1.807, 2.05) is 30.3 Å². The first-order chi connectivity index (χ1) is 9.36. The highest BCUT2D eigenvalue weighted by atomic mass is 16.5. The topological polar surface area (TPSA) is 47.6 Å². The van der Waals surface area contributed by atoms with Crippen molar-refractivity contribution in [3.8, 4) is 5.75 Å². The Kier molecular flexibility index (Phi) is 5.73. The summed E-state index contributed by atoms with van der Waals surface area (Å²) in [7, 11) is 0. The fraction of sp³-hybridized carbons (Fsp3) is 0.562. The molecule has 3 nitrogen and oxygen atoms in total. The van der Waals surface area contributed by atoms with Gasteiger partial charge in [0.15, 0.2) is 0 Å². The molecule has 104 valence electrons. The Morgan fingerprint density at radius 3 is 2.63 bits per heavy atom. The van der Waals surface area contributed by atoms with Crippen molar-refractivity contribution in [1.29, 1.82) is 0 Å². The summed E-state index contributed by atoms with van der Waals surface area (Å²) in [6, 6.07) is 9.89. The van der Waals surface area contributed by atoms with Gasteiger partial charge in [0.2, 0.25) is 0 Å². The van der Waals surface area contributed by atoms with Crippen molar-refractivity contribution in [2.45, 2.75) is 38.5 Å². The molecule has 0 aliphatic heterocycles. The second-order valence-corrected chi connectivity index (χ2v) is 5.16. The smallest absolute Gasteiger partial charge is 0.119 e. The molecule has 2 rings (SSSR count). The van der Waals surface area contributed by atoms with Crippen molar-refractivity contribution >= 4 is 5.84 Å². The number of hydrogen-bond donors (Lipinski definition) is 1. The van der Waals surface area contributed by atoms with Crippen LogP contribution in [0.1, 0.15) is 38.5 Å². The number of benzene rings is 1. The van der Waals surface area contributed by atoms with Crippen LogP contribution in [0.25, 0.3) is 0 Å². The average molecular weight is 260 g/mol. The summed E-state index contributed by atoms with van der Waals surface area (Å²) in [6.07, 6.45) is 7.32. The first-order valence-electron chi connectivity index (χ1n) is 7.34. The number of nitrogens with two attached hydrogens (primary N) is 1. The lowest BCUT2D eigenvalue weighted by Crippen LogP contribution is -2.26. The molecule has 1 saturated carbocycles. The molecule has 0 aromatic heterocycles. The van der Waals surface area contributed by atoms with E-state index in [9.17, 15) is 0 Å². The molecule has 0 amide bonds. The summed E-state index contributed by atoms with van der Waals surface area (Å²) in [6.45, 7) is 1.47. The minimum Gasteiger partial charge on any atom is -0.494 e. The van der Waals surface area contributed by atoms with Crippen LogP contribution in [0.4, 0.5) is 0 Å². The Bertz CT molecular complexity index is 383. The third kappa shape index (κ3) is 4.93. The van der Waals surface area contributed by atoms with Crippen molar-refractivity contribution < 1.29 is 4.74 Å². The van der Waals surface area contributed by atoms with Gasteiger partial charge in [0.05, 0.1) is 12.4 Å². The van der Waals surface area contributed by atoms with Gasteiger partial charge in [0, 0.05) is 18.9 Å². The van der Waals surface area contributed by atoms with Crippen LogP contribution < -0.4 is 10.5 Å². The monoisotopic (exact) mass is 260 g/mol. The summed E-state index contributed by atoms with van der Waals surface area (Å²) in [4.78, 5) is 4.49. The minimum absolute atomic E-state index is 0.531. The van der Waals surface area contributed by atoms with Crippen LogP contribution >= 0.6 is 0 Å². The molecular weight excluding hydrogens is 236 g/mol. The van der Waals surface area contributed by atoms with E-state index < -0.39 is 0 Å². The van der Waals surface area contributed by atoms with Crippen molar-refractivity contribution in [2.24, 2.45) is 16.6 Å². The van der Waals surface area contributed by atoms with Crippen LogP contribution in [0.5, 0.6) is 5.75 Å². The predicted octanol–water partition coefficient (Wildman–Crippen LogP) is 3.39. The van der Waals surface area contributed by atoms with E-state index in [0.29, 0.717) is 12.5 Å². The van der Waals surface area contributed by atoms with Gasteiger partial charge in [-0.3, -0.25) is 4.99 Å². The molecule has 0 unspecified atom stereocenters. The lowest BCUT2D eigenvalue weighted by Gasteiger charge is -2.20. The maximum absolute atomic E-state index is 6.05. The number of amidine groups is 1. The lowest BCUT2D eigenvalue weighted by molar-refractivity contribution is 0.313. The second-order valence-electron chi connectivity index (χ2n) is 5.16. The maximum Gasteiger partial charge on any atom is 0.119 e. The SMILES string of the molecule is NC(=NCCCOc1ccccc1)C1CCCCC1. The van der Waals surface area contributed by atoms with E-state index >= 15 is 0 Å². The standard InChI is InChI=1S/C16H24N2O/c17-16(14-8-3-1-4-9-14)18-12-7-13-19-15-10-5-2-6-11-15/h2,5-6,10-11,14H,1,3-4,7-9,12-13H2,(H2,17,18). The van der Waals surface area contributed by atoms with Crippen molar-refractivity contribution in [3.63, 3.8) is 0 Å². The lowest BCUT2D eigenvalue weighted by atomic mass is 9.88. The van der Waals surface area contributed by atoms with Crippen LogP contribution in [0.15, 0.2) is 35.3 Å². The Hall–Kier alpha value is -1.51. The predicted molar refractivity (Wildman–Crippen MR) is 79.6 cm³/mol. The molecule has 1 aromatic carbocycles. The fourth-order valence-electron chi connectivity index (χ4n) is 2.51. The molecule has 0 atom stereocenters. The summed E-state index contributed by atoms with van der Waals surface area (Å²) >= 11 is 0. The first-order valence-corrected chi connectivity index (χ1v) is 7.34. The molecule has 0 saturated heterocycles. The van der Waals surface area contributed by atoms with Crippen LogP contribution in [-0.4, -0.2) is 19.0 Å². The van der Waals surface area contributed by atoms with Gasteiger partial charge in [-0.2, -0.15) is 0 Å².